The number of nitrogen functional groups attached to an aromatic ring is 1. The summed E-state index contributed by atoms with van der Waals surface area (Å²) in [5, 5.41) is 9.66. The van der Waals surface area contributed by atoms with Gasteiger partial charge in [0.05, 0.1) is 5.69 Å². The molecule has 0 saturated carbocycles. The van der Waals surface area contributed by atoms with Gasteiger partial charge in [0.1, 0.15) is 5.75 Å². The number of rotatable bonds is 1. The first-order valence-electron chi connectivity index (χ1n) is 7.67. The van der Waals surface area contributed by atoms with Gasteiger partial charge in [-0.05, 0) is 48.8 Å². The quantitative estimate of drug-likeness (QED) is 0.616. The van der Waals surface area contributed by atoms with Crippen molar-refractivity contribution >= 4 is 11.6 Å². The van der Waals surface area contributed by atoms with Gasteiger partial charge in [0, 0.05) is 18.7 Å². The van der Waals surface area contributed by atoms with Crippen molar-refractivity contribution in [2.45, 2.75) is 40.0 Å². The second-order valence-electron chi connectivity index (χ2n) is 7.06. The fourth-order valence-corrected chi connectivity index (χ4v) is 3.02. The number of amides is 1. The lowest BCUT2D eigenvalue weighted by molar-refractivity contribution is 0.0755. The molecule has 1 saturated heterocycles. The maximum absolute atomic E-state index is 12.5. The fourth-order valence-electron chi connectivity index (χ4n) is 3.02. The molecule has 1 aliphatic rings. The van der Waals surface area contributed by atoms with E-state index in [1.807, 2.05) is 4.90 Å². The average molecular weight is 290 g/mol. The lowest BCUT2D eigenvalue weighted by Gasteiger charge is -2.29. The Balaban J connectivity index is 2.08. The van der Waals surface area contributed by atoms with Gasteiger partial charge in [0.15, 0.2) is 0 Å². The number of phenols is 1. The van der Waals surface area contributed by atoms with Crippen molar-refractivity contribution < 1.29 is 9.90 Å². The van der Waals surface area contributed by atoms with Crippen molar-refractivity contribution in [2.75, 3.05) is 18.8 Å². The summed E-state index contributed by atoms with van der Waals surface area (Å²) < 4.78 is 0. The molecule has 4 nitrogen and oxygen atoms in total. The molecule has 4 heteroatoms. The molecule has 1 aromatic carbocycles. The Morgan fingerprint density at radius 1 is 1.29 bits per heavy atom. The van der Waals surface area contributed by atoms with Crippen molar-refractivity contribution in [2.24, 2.45) is 11.3 Å². The monoisotopic (exact) mass is 290 g/mol. The van der Waals surface area contributed by atoms with Gasteiger partial charge in [-0.3, -0.25) is 4.79 Å². The van der Waals surface area contributed by atoms with Gasteiger partial charge in [0.25, 0.3) is 5.91 Å². The van der Waals surface area contributed by atoms with E-state index >= 15 is 0 Å². The van der Waals surface area contributed by atoms with Crippen LogP contribution in [0.1, 0.15) is 50.4 Å². The van der Waals surface area contributed by atoms with Crippen LogP contribution in [0, 0.1) is 11.3 Å². The van der Waals surface area contributed by atoms with Crippen LogP contribution in [0.3, 0.4) is 0 Å². The van der Waals surface area contributed by atoms with E-state index in [1.165, 1.54) is 12.5 Å². The summed E-state index contributed by atoms with van der Waals surface area (Å²) >= 11 is 0. The first-order chi connectivity index (χ1) is 9.79. The lowest BCUT2D eigenvalue weighted by Crippen LogP contribution is -2.32. The minimum Gasteiger partial charge on any atom is -0.506 e. The van der Waals surface area contributed by atoms with Crippen LogP contribution < -0.4 is 5.73 Å². The van der Waals surface area contributed by atoms with E-state index in [0.717, 1.165) is 25.9 Å². The van der Waals surface area contributed by atoms with Crippen LogP contribution >= 0.6 is 0 Å². The van der Waals surface area contributed by atoms with E-state index in [-0.39, 0.29) is 11.7 Å². The Hall–Kier alpha value is -1.71. The molecule has 1 fully saturated rings. The number of carbonyl (C=O) groups excluding carboxylic acids is 1. The lowest BCUT2D eigenvalue weighted by atomic mass is 9.77. The topological polar surface area (TPSA) is 66.6 Å². The minimum atomic E-state index is -0.0248. The molecule has 1 aliphatic heterocycles. The molecule has 0 spiro atoms. The molecule has 1 unspecified atom stereocenters. The molecule has 0 radical (unpaired) electrons. The molecule has 1 atom stereocenters. The Morgan fingerprint density at radius 3 is 2.62 bits per heavy atom. The number of hydrogen-bond acceptors (Lipinski definition) is 3. The van der Waals surface area contributed by atoms with Gasteiger partial charge < -0.3 is 15.7 Å². The molecule has 0 bridgehead atoms. The number of carbonyl (C=O) groups is 1. The summed E-state index contributed by atoms with van der Waals surface area (Å²) in [6.07, 6.45) is 3.24. The second-order valence-corrected chi connectivity index (χ2v) is 7.06. The number of anilines is 1. The molecule has 0 aliphatic carbocycles. The third-order valence-electron chi connectivity index (χ3n) is 4.52. The van der Waals surface area contributed by atoms with Crippen LogP contribution in [0.15, 0.2) is 18.2 Å². The Morgan fingerprint density at radius 2 is 2.00 bits per heavy atom. The van der Waals surface area contributed by atoms with Crippen LogP contribution in [0.2, 0.25) is 0 Å². The summed E-state index contributed by atoms with van der Waals surface area (Å²) in [5.74, 6) is 0.609. The van der Waals surface area contributed by atoms with E-state index in [0.29, 0.717) is 22.6 Å². The molecule has 116 valence electrons. The number of hydrogen-bond donors (Lipinski definition) is 2. The van der Waals surface area contributed by atoms with Crippen LogP contribution in [-0.2, 0) is 0 Å². The van der Waals surface area contributed by atoms with E-state index < -0.39 is 0 Å². The predicted octanol–water partition coefficient (Wildman–Crippen LogP) is 3.26. The number of benzene rings is 1. The Labute approximate surface area is 126 Å². The van der Waals surface area contributed by atoms with Gasteiger partial charge in [0.2, 0.25) is 0 Å². The van der Waals surface area contributed by atoms with Gasteiger partial charge in [-0.25, -0.2) is 0 Å². The zero-order valence-corrected chi connectivity index (χ0v) is 13.2. The molecule has 1 heterocycles. The van der Waals surface area contributed by atoms with E-state index in [4.69, 9.17) is 5.73 Å². The number of nitrogens with two attached hydrogens (primary N) is 1. The summed E-state index contributed by atoms with van der Waals surface area (Å²) in [7, 11) is 0. The number of likely N-dealkylation sites (tertiary alicyclic amines) is 1. The fraction of sp³-hybridized carbons (Fsp3) is 0.588. The van der Waals surface area contributed by atoms with Gasteiger partial charge in [-0.1, -0.05) is 20.8 Å². The SMILES string of the molecule is CC(C)(C)C1CCCN(C(=O)c2ccc(N)c(O)c2)CC1. The highest BCUT2D eigenvalue weighted by Crippen LogP contribution is 2.34. The number of aromatic hydroxyl groups is 1. The zero-order chi connectivity index (χ0) is 15.6. The highest BCUT2D eigenvalue weighted by Gasteiger charge is 2.28. The Kier molecular flexibility index (Phi) is 4.45. The van der Waals surface area contributed by atoms with Crippen molar-refractivity contribution in [1.29, 1.82) is 0 Å². The maximum atomic E-state index is 12.5. The summed E-state index contributed by atoms with van der Waals surface area (Å²) in [6, 6.07) is 4.73. The zero-order valence-electron chi connectivity index (χ0n) is 13.2. The predicted molar refractivity (Wildman–Crippen MR) is 85.2 cm³/mol. The summed E-state index contributed by atoms with van der Waals surface area (Å²) in [4.78, 5) is 14.4. The van der Waals surface area contributed by atoms with Crippen molar-refractivity contribution in [1.82, 2.24) is 4.90 Å². The third-order valence-corrected chi connectivity index (χ3v) is 4.52. The summed E-state index contributed by atoms with van der Waals surface area (Å²) in [5.41, 5.74) is 6.68. The van der Waals surface area contributed by atoms with E-state index in [9.17, 15) is 9.90 Å². The van der Waals surface area contributed by atoms with Gasteiger partial charge >= 0.3 is 0 Å². The summed E-state index contributed by atoms with van der Waals surface area (Å²) in [6.45, 7) is 8.38. The molecule has 1 aromatic rings. The first kappa shape index (κ1) is 15.7. The minimum absolute atomic E-state index is 0.0140. The van der Waals surface area contributed by atoms with E-state index in [2.05, 4.69) is 20.8 Å². The molecular weight excluding hydrogens is 264 g/mol. The number of phenolic OH excluding ortho intramolecular Hbond substituents is 1. The van der Waals surface area contributed by atoms with Crippen molar-refractivity contribution in [3.8, 4) is 5.75 Å². The van der Waals surface area contributed by atoms with Gasteiger partial charge in [-0.2, -0.15) is 0 Å². The number of nitrogens with zero attached hydrogens (tertiary/aromatic N) is 1. The molecule has 0 aromatic heterocycles. The van der Waals surface area contributed by atoms with Crippen molar-refractivity contribution in [3.05, 3.63) is 23.8 Å². The normalized spacial score (nSPS) is 20.1. The van der Waals surface area contributed by atoms with Crippen LogP contribution in [-0.4, -0.2) is 29.0 Å². The largest absolute Gasteiger partial charge is 0.506 e. The van der Waals surface area contributed by atoms with Crippen LogP contribution in [0.5, 0.6) is 5.75 Å². The molecule has 3 N–H and O–H groups in total. The smallest absolute Gasteiger partial charge is 0.253 e. The Bertz CT molecular complexity index is 520. The maximum Gasteiger partial charge on any atom is 0.253 e. The highest BCUT2D eigenvalue weighted by atomic mass is 16.3. The average Bonchev–Trinajstić information content (AvgIpc) is 2.66. The molecule has 2 rings (SSSR count). The van der Waals surface area contributed by atoms with Crippen molar-refractivity contribution in [3.63, 3.8) is 0 Å². The highest BCUT2D eigenvalue weighted by molar-refractivity contribution is 5.95. The third kappa shape index (κ3) is 3.69. The second kappa shape index (κ2) is 5.96. The van der Waals surface area contributed by atoms with E-state index in [1.54, 1.807) is 12.1 Å². The van der Waals surface area contributed by atoms with Crippen LogP contribution in [0.4, 0.5) is 5.69 Å². The standard InChI is InChI=1S/C17H26N2O2/c1-17(2,3)13-5-4-9-19(10-8-13)16(21)12-6-7-14(18)15(20)11-12/h6-7,11,13,20H,4-5,8-10,18H2,1-3H3. The molecule has 1 amide bonds. The van der Waals surface area contributed by atoms with Gasteiger partial charge in [-0.15, -0.1) is 0 Å². The molecular formula is C17H26N2O2. The molecule has 21 heavy (non-hydrogen) atoms. The first-order valence-corrected chi connectivity index (χ1v) is 7.67. The van der Waals surface area contributed by atoms with Crippen LogP contribution in [0.25, 0.3) is 0 Å².